The van der Waals surface area contributed by atoms with E-state index in [9.17, 15) is 9.59 Å². The van der Waals surface area contributed by atoms with Crippen molar-refractivity contribution >= 4 is 17.9 Å². The van der Waals surface area contributed by atoms with Gasteiger partial charge in [0.25, 0.3) is 0 Å². The maximum Gasteiger partial charge on any atom is 0.350 e. The molecule has 1 aliphatic heterocycles. The van der Waals surface area contributed by atoms with Gasteiger partial charge in [-0.15, -0.1) is 0 Å². The monoisotopic (exact) mass is 497 g/mol. The molecule has 1 saturated heterocycles. The van der Waals surface area contributed by atoms with E-state index < -0.39 is 12.0 Å². The fourth-order valence-electron chi connectivity index (χ4n) is 4.93. The molecule has 0 aromatic rings. The van der Waals surface area contributed by atoms with Crippen LogP contribution in [0.4, 0.5) is 0 Å². The summed E-state index contributed by atoms with van der Waals surface area (Å²) in [6.07, 6.45) is 6.95. The van der Waals surface area contributed by atoms with Gasteiger partial charge in [-0.2, -0.15) is 0 Å². The van der Waals surface area contributed by atoms with Gasteiger partial charge in [0, 0.05) is 19.4 Å². The topological polar surface area (TPSA) is 85.1 Å². The first-order chi connectivity index (χ1) is 16.7. The number of hydrogen-bond acceptors (Lipinski definition) is 4. The molecule has 0 bridgehead atoms. The maximum absolute atomic E-state index is 12.4. The summed E-state index contributed by atoms with van der Waals surface area (Å²) in [5.74, 6) is 0.201. The van der Waals surface area contributed by atoms with E-state index >= 15 is 0 Å². The van der Waals surface area contributed by atoms with E-state index in [1.165, 1.54) is 31.6 Å². The van der Waals surface area contributed by atoms with Gasteiger partial charge in [-0.25, -0.2) is 0 Å². The third-order valence-corrected chi connectivity index (χ3v) is 6.70. The summed E-state index contributed by atoms with van der Waals surface area (Å²) < 4.78 is 8.06. The number of aliphatic carboxylic acids is 1. The van der Waals surface area contributed by atoms with E-state index in [1.54, 1.807) is 0 Å². The van der Waals surface area contributed by atoms with E-state index in [2.05, 4.69) is 68.2 Å². The Hall–Kier alpha value is -1.83. The first kappa shape index (κ1) is 31.2. The van der Waals surface area contributed by atoms with E-state index in [0.29, 0.717) is 31.5 Å². The molecule has 0 amide bonds. The summed E-state index contributed by atoms with van der Waals surface area (Å²) >= 11 is 0. The number of nitrogens with zero attached hydrogens (tertiary/aromatic N) is 3. The summed E-state index contributed by atoms with van der Waals surface area (Å²) in [6.45, 7) is 20.0. The van der Waals surface area contributed by atoms with Crippen LogP contribution in [0.5, 0.6) is 0 Å². The van der Waals surface area contributed by atoms with E-state index in [-0.39, 0.29) is 12.1 Å². The fraction of sp³-hybridized carbons (Fsp3) is 0.889. The maximum atomic E-state index is 12.4. The molecule has 1 fully saturated rings. The van der Waals surface area contributed by atoms with E-state index in [0.717, 1.165) is 39.0 Å². The van der Waals surface area contributed by atoms with Crippen LogP contribution in [0.15, 0.2) is 0 Å². The lowest BCUT2D eigenvalue weighted by atomic mass is 10.2. The predicted octanol–water partition coefficient (Wildman–Crippen LogP) is 3.92. The highest BCUT2D eigenvalue weighted by molar-refractivity contribution is 5.76. The number of carbonyl (C=O) groups excluding carboxylic acids is 1. The molecule has 35 heavy (non-hydrogen) atoms. The normalized spacial score (nSPS) is 18.7. The number of guanidine groups is 1. The van der Waals surface area contributed by atoms with Gasteiger partial charge in [-0.1, -0.05) is 26.2 Å². The van der Waals surface area contributed by atoms with Crippen molar-refractivity contribution in [2.75, 3.05) is 32.7 Å². The zero-order valence-electron chi connectivity index (χ0n) is 23.5. The predicted molar refractivity (Wildman–Crippen MR) is 142 cm³/mol. The van der Waals surface area contributed by atoms with Crippen molar-refractivity contribution in [1.29, 1.82) is 0 Å². The van der Waals surface area contributed by atoms with E-state index in [1.807, 2.05) is 0 Å². The lowest BCUT2D eigenvalue weighted by Crippen LogP contribution is -2.55. The lowest BCUT2D eigenvalue weighted by Gasteiger charge is -2.34. The molecular weight excluding hydrogens is 444 g/mol. The number of carboxylic acid groups (broad SMARTS) is 1. The smallest absolute Gasteiger partial charge is 0.350 e. The molecule has 0 saturated carbocycles. The van der Waals surface area contributed by atoms with Crippen LogP contribution in [-0.4, -0.2) is 94.3 Å². The molecule has 0 spiro atoms. The Bertz CT molecular complexity index is 654. The Morgan fingerprint density at radius 3 is 2.06 bits per heavy atom. The van der Waals surface area contributed by atoms with Crippen molar-refractivity contribution in [3.63, 3.8) is 0 Å². The van der Waals surface area contributed by atoms with Crippen molar-refractivity contribution in [1.82, 2.24) is 15.1 Å². The molecule has 1 rings (SSSR count). The molecule has 0 unspecified atom stereocenters. The molecular formula is C27H53N4O4+. The molecule has 0 aromatic carbocycles. The van der Waals surface area contributed by atoms with Crippen molar-refractivity contribution < 1.29 is 24.0 Å². The van der Waals surface area contributed by atoms with Crippen LogP contribution in [0.25, 0.3) is 0 Å². The van der Waals surface area contributed by atoms with Crippen molar-refractivity contribution in [3.05, 3.63) is 0 Å². The van der Waals surface area contributed by atoms with Crippen LogP contribution in [0.2, 0.25) is 0 Å². The van der Waals surface area contributed by atoms with Gasteiger partial charge < -0.3 is 15.2 Å². The molecule has 0 radical (unpaired) electrons. The standard InChI is InChI=1S/C27H52N4O4/c1-8-11-12-14-17-30(27(29(9-2)10-3)31(21(4)5)22(6)7)18-15-13-16-25(32)35-23-19-24(26(33)34)28-20-23/h21-24,28H,8-20H2,1-7H3/p+1/t23-,24+/m1/s1. The molecule has 0 aliphatic carbocycles. The first-order valence-electron chi connectivity index (χ1n) is 14.0. The average molecular weight is 498 g/mol. The second-order valence-corrected chi connectivity index (χ2v) is 10.2. The Balaban J connectivity index is 2.86. The molecule has 0 aromatic heterocycles. The molecule has 204 valence electrons. The second kappa shape index (κ2) is 16.8. The summed E-state index contributed by atoms with van der Waals surface area (Å²) in [6, 6.07) is 0.176. The number of hydrogen-bond donors (Lipinski definition) is 2. The van der Waals surface area contributed by atoms with Crippen LogP contribution in [-0.2, 0) is 14.3 Å². The number of nitrogens with one attached hydrogen (secondary N) is 1. The van der Waals surface area contributed by atoms with E-state index in [4.69, 9.17) is 9.84 Å². The van der Waals surface area contributed by atoms with Crippen molar-refractivity contribution in [2.45, 2.75) is 124 Å². The number of esters is 1. The number of carbonyl (C=O) groups is 2. The summed E-state index contributed by atoms with van der Waals surface area (Å²) in [5, 5.41) is 12.0. The number of ether oxygens (including phenoxy) is 1. The van der Waals surface area contributed by atoms with Crippen LogP contribution in [0.1, 0.15) is 99.8 Å². The van der Waals surface area contributed by atoms with Gasteiger partial charge >= 0.3 is 17.9 Å². The highest BCUT2D eigenvalue weighted by Crippen LogP contribution is 2.14. The minimum absolute atomic E-state index is 0.226. The van der Waals surface area contributed by atoms with Gasteiger partial charge in [-0.3, -0.25) is 24.0 Å². The molecule has 8 heteroatoms. The number of rotatable bonds is 16. The zero-order valence-corrected chi connectivity index (χ0v) is 23.5. The molecule has 2 N–H and O–H groups in total. The van der Waals surface area contributed by atoms with Crippen LogP contribution in [0, 0.1) is 0 Å². The minimum atomic E-state index is -0.889. The third-order valence-electron chi connectivity index (χ3n) is 6.70. The van der Waals surface area contributed by atoms with Gasteiger partial charge in [0.05, 0.1) is 38.3 Å². The number of carboxylic acids is 1. The first-order valence-corrected chi connectivity index (χ1v) is 14.0. The SMILES string of the molecule is CCCCCC[N+](CCCCC(=O)O[C@H]1CN[C@H](C(=O)O)C1)=C(N(CC)CC)N(C(C)C)C(C)C. The van der Waals surface area contributed by atoms with Crippen LogP contribution >= 0.6 is 0 Å². The lowest BCUT2D eigenvalue weighted by molar-refractivity contribution is -0.539. The Kier molecular flexibility index (Phi) is 15.0. The average Bonchev–Trinajstić information content (AvgIpc) is 3.26. The largest absolute Gasteiger partial charge is 0.480 e. The fourth-order valence-corrected chi connectivity index (χ4v) is 4.93. The van der Waals surface area contributed by atoms with Gasteiger partial charge in [-0.05, 0) is 60.8 Å². The molecule has 8 nitrogen and oxygen atoms in total. The molecule has 1 heterocycles. The molecule has 1 aliphatic rings. The van der Waals surface area contributed by atoms with Crippen LogP contribution < -0.4 is 5.32 Å². The molecule has 2 atom stereocenters. The van der Waals surface area contributed by atoms with Crippen molar-refractivity contribution in [3.8, 4) is 0 Å². The quantitative estimate of drug-likeness (QED) is 0.110. The Labute approximate surface area is 214 Å². The summed E-state index contributed by atoms with van der Waals surface area (Å²) in [5.41, 5.74) is 0. The Morgan fingerprint density at radius 2 is 1.57 bits per heavy atom. The Morgan fingerprint density at radius 1 is 0.971 bits per heavy atom. The van der Waals surface area contributed by atoms with Crippen LogP contribution in [0.3, 0.4) is 0 Å². The third kappa shape index (κ3) is 10.8. The summed E-state index contributed by atoms with van der Waals surface area (Å²) in [7, 11) is 0. The number of unbranched alkanes of at least 4 members (excludes halogenated alkanes) is 4. The van der Waals surface area contributed by atoms with Crippen molar-refractivity contribution in [2.24, 2.45) is 0 Å². The summed E-state index contributed by atoms with van der Waals surface area (Å²) in [4.78, 5) is 28.4. The highest BCUT2D eigenvalue weighted by atomic mass is 16.5. The second-order valence-electron chi connectivity index (χ2n) is 10.2. The van der Waals surface area contributed by atoms with Gasteiger partial charge in [0.15, 0.2) is 0 Å². The van der Waals surface area contributed by atoms with Gasteiger partial charge in [0.2, 0.25) is 0 Å². The van der Waals surface area contributed by atoms with Gasteiger partial charge in [0.1, 0.15) is 12.1 Å². The zero-order chi connectivity index (χ0) is 26.4. The minimum Gasteiger partial charge on any atom is -0.480 e. The highest BCUT2D eigenvalue weighted by Gasteiger charge is 2.33.